The molecule has 3 aromatic rings. The van der Waals surface area contributed by atoms with Gasteiger partial charge in [0.25, 0.3) is 0 Å². The van der Waals surface area contributed by atoms with E-state index in [4.69, 9.17) is 4.98 Å². The van der Waals surface area contributed by atoms with Gasteiger partial charge in [0.1, 0.15) is 4.60 Å². The summed E-state index contributed by atoms with van der Waals surface area (Å²) in [7, 11) is 4.07. The normalized spacial score (nSPS) is 12.1. The van der Waals surface area contributed by atoms with Crippen LogP contribution in [-0.4, -0.2) is 27.5 Å². The Morgan fingerprint density at radius 3 is 2.76 bits per heavy atom. The molecule has 0 fully saturated rings. The molecule has 0 radical (unpaired) electrons. The van der Waals surface area contributed by atoms with Gasteiger partial charge in [-0.25, -0.2) is 4.98 Å². The lowest BCUT2D eigenvalue weighted by Crippen LogP contribution is -2.12. The minimum atomic E-state index is 0.473. The van der Waals surface area contributed by atoms with Gasteiger partial charge >= 0.3 is 0 Å². The van der Waals surface area contributed by atoms with E-state index in [1.165, 1.54) is 16.8 Å². The van der Waals surface area contributed by atoms with Crippen LogP contribution in [0.25, 0.3) is 16.8 Å². The van der Waals surface area contributed by atoms with Crippen LogP contribution in [-0.2, 0) is 13.5 Å². The molecule has 21 heavy (non-hydrogen) atoms. The van der Waals surface area contributed by atoms with Gasteiger partial charge in [-0.05, 0) is 40.5 Å². The second-order valence-corrected chi connectivity index (χ2v) is 6.52. The fourth-order valence-corrected chi connectivity index (χ4v) is 3.71. The molecule has 0 bridgehead atoms. The standard InChI is InChI=1S/C16H21BrN4/c1-10(2)11-6-5-7-12-14(11)19-16-20(4)13(8-9-18-3)15(17)21(12)16/h5-7,10,18H,8-9H2,1-4H3. The molecule has 5 heteroatoms. The van der Waals surface area contributed by atoms with Gasteiger partial charge in [0.2, 0.25) is 5.78 Å². The van der Waals surface area contributed by atoms with Crippen molar-refractivity contribution < 1.29 is 0 Å². The molecule has 1 N–H and O–H groups in total. The van der Waals surface area contributed by atoms with Gasteiger partial charge in [0.15, 0.2) is 0 Å². The number of likely N-dealkylation sites (N-methyl/N-ethyl adjacent to an activating group) is 1. The number of imidazole rings is 2. The van der Waals surface area contributed by atoms with Gasteiger partial charge in [0, 0.05) is 20.0 Å². The maximum absolute atomic E-state index is 4.90. The molecule has 2 heterocycles. The second-order valence-electron chi connectivity index (χ2n) is 5.77. The van der Waals surface area contributed by atoms with Crippen LogP contribution in [0.4, 0.5) is 0 Å². The van der Waals surface area contributed by atoms with E-state index in [1.54, 1.807) is 0 Å². The van der Waals surface area contributed by atoms with Crippen LogP contribution in [0.5, 0.6) is 0 Å². The quantitative estimate of drug-likeness (QED) is 0.783. The Kier molecular flexibility index (Phi) is 3.80. The molecule has 0 unspecified atom stereocenters. The van der Waals surface area contributed by atoms with Crippen LogP contribution >= 0.6 is 15.9 Å². The highest BCUT2D eigenvalue weighted by Crippen LogP contribution is 2.31. The first-order valence-corrected chi connectivity index (χ1v) is 8.14. The van der Waals surface area contributed by atoms with Crippen LogP contribution in [0.15, 0.2) is 22.8 Å². The minimum Gasteiger partial charge on any atom is -0.319 e. The Bertz CT molecular complexity index is 798. The van der Waals surface area contributed by atoms with Crippen LogP contribution in [0.1, 0.15) is 31.0 Å². The van der Waals surface area contributed by atoms with E-state index in [0.717, 1.165) is 28.9 Å². The zero-order chi connectivity index (χ0) is 15.1. The lowest BCUT2D eigenvalue weighted by atomic mass is 10.0. The van der Waals surface area contributed by atoms with Gasteiger partial charge in [-0.15, -0.1) is 0 Å². The van der Waals surface area contributed by atoms with Crippen molar-refractivity contribution in [3.63, 3.8) is 0 Å². The summed E-state index contributed by atoms with van der Waals surface area (Å²) in [6.07, 6.45) is 0.975. The molecular formula is C16H21BrN4. The summed E-state index contributed by atoms with van der Waals surface area (Å²) in [5.74, 6) is 1.47. The van der Waals surface area contributed by atoms with Gasteiger partial charge in [0.05, 0.1) is 16.7 Å². The Morgan fingerprint density at radius 2 is 2.10 bits per heavy atom. The Labute approximate surface area is 133 Å². The molecule has 1 aromatic carbocycles. The predicted molar refractivity (Wildman–Crippen MR) is 91.1 cm³/mol. The van der Waals surface area contributed by atoms with Gasteiger partial charge < -0.3 is 9.88 Å². The van der Waals surface area contributed by atoms with E-state index in [0.29, 0.717) is 5.92 Å². The summed E-state index contributed by atoms with van der Waals surface area (Å²) >= 11 is 3.77. The van der Waals surface area contributed by atoms with E-state index >= 15 is 0 Å². The summed E-state index contributed by atoms with van der Waals surface area (Å²) < 4.78 is 5.51. The smallest absolute Gasteiger partial charge is 0.215 e. The fraction of sp³-hybridized carbons (Fsp3) is 0.438. The van der Waals surface area contributed by atoms with Crippen molar-refractivity contribution in [2.24, 2.45) is 7.05 Å². The molecule has 0 aliphatic rings. The van der Waals surface area contributed by atoms with E-state index in [9.17, 15) is 0 Å². The number of aromatic nitrogens is 3. The maximum Gasteiger partial charge on any atom is 0.215 e. The molecule has 0 spiro atoms. The van der Waals surface area contributed by atoms with Crippen molar-refractivity contribution in [2.75, 3.05) is 13.6 Å². The van der Waals surface area contributed by atoms with Crippen LogP contribution < -0.4 is 5.32 Å². The van der Waals surface area contributed by atoms with E-state index < -0.39 is 0 Å². The number of halogens is 1. The predicted octanol–water partition coefficient (Wildman–Crippen LogP) is 3.47. The van der Waals surface area contributed by atoms with Crippen molar-refractivity contribution in [3.8, 4) is 0 Å². The number of hydrogen-bond acceptors (Lipinski definition) is 2. The number of para-hydroxylation sites is 1. The SMILES string of the molecule is CNCCc1c(Br)n2c3cccc(C(C)C)c3nc2n1C. The van der Waals surface area contributed by atoms with Crippen molar-refractivity contribution in [3.05, 3.63) is 34.1 Å². The molecule has 4 nitrogen and oxygen atoms in total. The van der Waals surface area contributed by atoms with E-state index in [-0.39, 0.29) is 0 Å². The van der Waals surface area contributed by atoms with Crippen LogP contribution in [0.3, 0.4) is 0 Å². The first-order valence-electron chi connectivity index (χ1n) is 7.35. The maximum atomic E-state index is 4.90. The molecular weight excluding hydrogens is 328 g/mol. The zero-order valence-corrected chi connectivity index (χ0v) is 14.5. The number of rotatable bonds is 4. The molecule has 0 aliphatic carbocycles. The van der Waals surface area contributed by atoms with Crippen LogP contribution in [0.2, 0.25) is 0 Å². The topological polar surface area (TPSA) is 34.3 Å². The Hall–Kier alpha value is -1.33. The highest BCUT2D eigenvalue weighted by atomic mass is 79.9. The third kappa shape index (κ3) is 2.19. The summed E-state index contributed by atoms with van der Waals surface area (Å²) in [6.45, 7) is 5.38. The first-order chi connectivity index (χ1) is 10.1. The lowest BCUT2D eigenvalue weighted by Gasteiger charge is -2.06. The third-order valence-electron chi connectivity index (χ3n) is 4.07. The van der Waals surface area contributed by atoms with Crippen molar-refractivity contribution in [1.82, 2.24) is 19.3 Å². The van der Waals surface area contributed by atoms with Crippen molar-refractivity contribution >= 4 is 32.7 Å². The Morgan fingerprint density at radius 1 is 1.33 bits per heavy atom. The van der Waals surface area contributed by atoms with E-state index in [1.807, 2.05) is 7.05 Å². The molecule has 0 atom stereocenters. The number of nitrogens with one attached hydrogen (secondary N) is 1. The summed E-state index contributed by atoms with van der Waals surface area (Å²) in [6, 6.07) is 6.45. The largest absolute Gasteiger partial charge is 0.319 e. The number of benzene rings is 1. The summed E-state index contributed by atoms with van der Waals surface area (Å²) in [5.41, 5.74) is 4.86. The molecule has 112 valence electrons. The fourth-order valence-electron chi connectivity index (χ4n) is 2.90. The molecule has 0 saturated heterocycles. The molecule has 0 saturated carbocycles. The average molecular weight is 349 g/mol. The van der Waals surface area contributed by atoms with Crippen molar-refractivity contribution in [2.45, 2.75) is 26.2 Å². The number of nitrogens with zero attached hydrogens (tertiary/aromatic N) is 3. The van der Waals surface area contributed by atoms with Gasteiger partial charge in [-0.2, -0.15) is 0 Å². The molecule has 0 aliphatic heterocycles. The highest BCUT2D eigenvalue weighted by Gasteiger charge is 2.19. The second kappa shape index (κ2) is 5.46. The van der Waals surface area contributed by atoms with Crippen molar-refractivity contribution in [1.29, 1.82) is 0 Å². The first kappa shape index (κ1) is 14.6. The van der Waals surface area contributed by atoms with Gasteiger partial charge in [-0.3, -0.25) is 4.40 Å². The summed E-state index contributed by atoms with van der Waals surface area (Å²) in [4.78, 5) is 4.90. The van der Waals surface area contributed by atoms with Gasteiger partial charge in [-0.1, -0.05) is 26.0 Å². The molecule has 2 aromatic heterocycles. The monoisotopic (exact) mass is 348 g/mol. The lowest BCUT2D eigenvalue weighted by molar-refractivity contribution is 0.741. The molecule has 3 rings (SSSR count). The third-order valence-corrected chi connectivity index (χ3v) is 4.88. The highest BCUT2D eigenvalue weighted by molar-refractivity contribution is 9.10. The average Bonchev–Trinajstić information content (AvgIpc) is 2.95. The minimum absolute atomic E-state index is 0.473. The number of fused-ring (bicyclic) bond motifs is 3. The molecule has 0 amide bonds. The number of aryl methyl sites for hydroxylation is 1. The Balaban J connectivity index is 2.30. The zero-order valence-electron chi connectivity index (χ0n) is 12.9. The van der Waals surface area contributed by atoms with E-state index in [2.05, 4.69) is 69.3 Å². The van der Waals surface area contributed by atoms with Crippen LogP contribution in [0, 0.1) is 0 Å². The number of hydrogen-bond donors (Lipinski definition) is 1. The summed E-state index contributed by atoms with van der Waals surface area (Å²) in [5, 5.41) is 3.20.